The molecule has 3 aromatic rings. The Kier molecular flexibility index (Phi) is 5.66. The topological polar surface area (TPSA) is 57.8 Å². The number of carbonyl (C=O) groups excluding carboxylic acids is 1. The predicted molar refractivity (Wildman–Crippen MR) is 103 cm³/mol. The number of H-pyrrole nitrogens is 1. The van der Waals surface area contributed by atoms with E-state index in [1.165, 1.54) is 5.56 Å². The molecule has 0 unspecified atom stereocenters. The Morgan fingerprint density at radius 1 is 1.20 bits per heavy atom. The number of halogens is 1. The average molecular weight is 398 g/mol. The van der Waals surface area contributed by atoms with E-state index in [9.17, 15) is 4.79 Å². The highest BCUT2D eigenvalue weighted by atomic mass is 79.9. The average Bonchev–Trinajstić information content (AvgIpc) is 3.11. The molecule has 1 aromatic heterocycles. The molecule has 1 heterocycles. The summed E-state index contributed by atoms with van der Waals surface area (Å²) in [7, 11) is 0. The van der Waals surface area contributed by atoms with E-state index in [2.05, 4.69) is 43.6 Å². The van der Waals surface area contributed by atoms with Crippen LogP contribution in [0.2, 0.25) is 0 Å². The first kappa shape index (κ1) is 17.4. The maximum atomic E-state index is 12.6. The summed E-state index contributed by atoms with van der Waals surface area (Å²) >= 11 is 3.46. The van der Waals surface area contributed by atoms with E-state index in [1.54, 1.807) is 6.20 Å². The van der Waals surface area contributed by atoms with Gasteiger partial charge >= 0.3 is 0 Å². The van der Waals surface area contributed by atoms with Crippen molar-refractivity contribution in [3.8, 4) is 11.3 Å². The Labute approximate surface area is 155 Å². The molecule has 2 aromatic carbocycles. The summed E-state index contributed by atoms with van der Waals surface area (Å²) in [5.41, 5.74) is 3.49. The van der Waals surface area contributed by atoms with Gasteiger partial charge in [-0.25, -0.2) is 0 Å². The maximum absolute atomic E-state index is 12.6. The minimum absolute atomic E-state index is 0.0814. The Morgan fingerprint density at radius 3 is 2.76 bits per heavy atom. The fraction of sp³-hybridized carbons (Fsp3) is 0.200. The molecule has 0 spiro atoms. The van der Waals surface area contributed by atoms with Crippen LogP contribution >= 0.6 is 15.9 Å². The number of hydrogen-bond acceptors (Lipinski definition) is 2. The standard InChI is InChI=1S/C20H20BrN3O/c1-14(10-11-15-6-3-2-4-7-15)23-20(25)18-13-22-24-19(18)16-8-5-9-17(21)12-16/h2-9,12-14H,10-11H2,1H3,(H,22,24)(H,23,25)/t14-/m0/s1. The molecule has 0 saturated carbocycles. The van der Waals surface area contributed by atoms with Crippen LogP contribution in [0.3, 0.4) is 0 Å². The van der Waals surface area contributed by atoms with Gasteiger partial charge in [0.1, 0.15) is 0 Å². The van der Waals surface area contributed by atoms with Crippen molar-refractivity contribution in [1.29, 1.82) is 0 Å². The van der Waals surface area contributed by atoms with Crippen LogP contribution in [0.5, 0.6) is 0 Å². The third-order valence-corrected chi connectivity index (χ3v) is 4.58. The van der Waals surface area contributed by atoms with Crippen LogP contribution in [0, 0.1) is 0 Å². The molecule has 5 heteroatoms. The Bertz CT molecular complexity index is 845. The molecule has 3 rings (SSSR count). The van der Waals surface area contributed by atoms with Crippen molar-refractivity contribution in [3.05, 3.63) is 76.4 Å². The first-order chi connectivity index (χ1) is 12.1. The zero-order valence-corrected chi connectivity index (χ0v) is 15.6. The van der Waals surface area contributed by atoms with Gasteiger partial charge in [-0.3, -0.25) is 9.89 Å². The number of aromatic nitrogens is 2. The minimum atomic E-state index is -0.107. The van der Waals surface area contributed by atoms with Gasteiger partial charge < -0.3 is 5.32 Å². The maximum Gasteiger partial charge on any atom is 0.255 e. The number of nitrogens with zero attached hydrogens (tertiary/aromatic N) is 1. The smallest absolute Gasteiger partial charge is 0.255 e. The predicted octanol–water partition coefficient (Wildman–Crippen LogP) is 4.59. The van der Waals surface area contributed by atoms with Crippen molar-refractivity contribution in [2.24, 2.45) is 0 Å². The monoisotopic (exact) mass is 397 g/mol. The molecule has 25 heavy (non-hydrogen) atoms. The molecule has 1 atom stereocenters. The summed E-state index contributed by atoms with van der Waals surface area (Å²) in [5.74, 6) is -0.107. The lowest BCUT2D eigenvalue weighted by Crippen LogP contribution is -2.33. The number of aryl methyl sites for hydroxylation is 1. The van der Waals surface area contributed by atoms with Gasteiger partial charge in [0.2, 0.25) is 0 Å². The molecule has 0 aliphatic carbocycles. The fourth-order valence-electron chi connectivity index (χ4n) is 2.72. The second kappa shape index (κ2) is 8.12. The Hall–Kier alpha value is -2.40. The van der Waals surface area contributed by atoms with Gasteiger partial charge in [0, 0.05) is 16.1 Å². The van der Waals surface area contributed by atoms with Crippen LogP contribution in [-0.2, 0) is 6.42 Å². The summed E-state index contributed by atoms with van der Waals surface area (Å²) in [6.07, 6.45) is 3.40. The highest BCUT2D eigenvalue weighted by molar-refractivity contribution is 9.10. The Morgan fingerprint density at radius 2 is 2.00 bits per heavy atom. The van der Waals surface area contributed by atoms with Crippen molar-refractivity contribution in [2.45, 2.75) is 25.8 Å². The van der Waals surface area contributed by atoms with Crippen molar-refractivity contribution >= 4 is 21.8 Å². The zero-order chi connectivity index (χ0) is 17.6. The quantitative estimate of drug-likeness (QED) is 0.638. The van der Waals surface area contributed by atoms with Gasteiger partial charge in [-0.2, -0.15) is 5.10 Å². The summed E-state index contributed by atoms with van der Waals surface area (Å²) in [6.45, 7) is 2.03. The van der Waals surface area contributed by atoms with Gasteiger partial charge in [0.05, 0.1) is 17.5 Å². The van der Waals surface area contributed by atoms with Crippen molar-refractivity contribution < 1.29 is 4.79 Å². The number of amides is 1. The van der Waals surface area contributed by atoms with E-state index in [4.69, 9.17) is 0 Å². The van der Waals surface area contributed by atoms with Gasteiger partial charge in [-0.1, -0.05) is 58.4 Å². The number of nitrogens with one attached hydrogen (secondary N) is 2. The largest absolute Gasteiger partial charge is 0.349 e. The lowest BCUT2D eigenvalue weighted by Gasteiger charge is -2.14. The second-order valence-corrected chi connectivity index (χ2v) is 6.98. The number of hydrogen-bond donors (Lipinski definition) is 2. The lowest BCUT2D eigenvalue weighted by molar-refractivity contribution is 0.0939. The molecule has 1 amide bonds. The van der Waals surface area contributed by atoms with Crippen molar-refractivity contribution in [3.63, 3.8) is 0 Å². The molecule has 4 nitrogen and oxygen atoms in total. The molecule has 128 valence electrons. The SMILES string of the molecule is C[C@@H](CCc1ccccc1)NC(=O)c1cn[nH]c1-c1cccc(Br)c1. The van der Waals surface area contributed by atoms with Crippen LogP contribution in [0.4, 0.5) is 0 Å². The first-order valence-electron chi connectivity index (χ1n) is 8.27. The van der Waals surface area contributed by atoms with E-state index in [1.807, 2.05) is 49.4 Å². The lowest BCUT2D eigenvalue weighted by atomic mass is 10.0. The van der Waals surface area contributed by atoms with Crippen LogP contribution in [0.15, 0.2) is 65.3 Å². The number of carbonyl (C=O) groups is 1. The molecule has 0 saturated heterocycles. The normalized spacial score (nSPS) is 11.9. The number of benzene rings is 2. The summed E-state index contributed by atoms with van der Waals surface area (Å²) in [6, 6.07) is 18.2. The highest BCUT2D eigenvalue weighted by Crippen LogP contribution is 2.24. The Balaban J connectivity index is 1.65. The molecule has 0 bridgehead atoms. The molecule has 0 fully saturated rings. The summed E-state index contributed by atoms with van der Waals surface area (Å²) in [4.78, 5) is 12.6. The summed E-state index contributed by atoms with van der Waals surface area (Å²) < 4.78 is 0.960. The van der Waals surface area contributed by atoms with Crippen LogP contribution in [0.1, 0.15) is 29.3 Å². The van der Waals surface area contributed by atoms with Gasteiger partial charge in [-0.15, -0.1) is 0 Å². The first-order valence-corrected chi connectivity index (χ1v) is 9.07. The molecular weight excluding hydrogens is 378 g/mol. The molecule has 0 aliphatic heterocycles. The number of aromatic amines is 1. The third kappa shape index (κ3) is 4.57. The van der Waals surface area contributed by atoms with Crippen molar-refractivity contribution in [2.75, 3.05) is 0 Å². The van der Waals surface area contributed by atoms with E-state index in [-0.39, 0.29) is 11.9 Å². The molecular formula is C20H20BrN3O. The third-order valence-electron chi connectivity index (χ3n) is 4.08. The van der Waals surface area contributed by atoms with E-state index in [0.29, 0.717) is 5.56 Å². The van der Waals surface area contributed by atoms with Crippen molar-refractivity contribution in [1.82, 2.24) is 15.5 Å². The fourth-order valence-corrected chi connectivity index (χ4v) is 3.12. The van der Waals surface area contributed by atoms with Crippen LogP contribution in [0.25, 0.3) is 11.3 Å². The van der Waals surface area contributed by atoms with Gasteiger partial charge in [0.15, 0.2) is 0 Å². The van der Waals surface area contributed by atoms with E-state index >= 15 is 0 Å². The molecule has 0 radical (unpaired) electrons. The van der Waals surface area contributed by atoms with Crippen LogP contribution < -0.4 is 5.32 Å². The summed E-state index contributed by atoms with van der Waals surface area (Å²) in [5, 5.41) is 10.0. The number of rotatable bonds is 6. The highest BCUT2D eigenvalue weighted by Gasteiger charge is 2.17. The van der Waals surface area contributed by atoms with Crippen LogP contribution in [-0.4, -0.2) is 22.1 Å². The van der Waals surface area contributed by atoms with Gasteiger partial charge in [0.25, 0.3) is 5.91 Å². The zero-order valence-electron chi connectivity index (χ0n) is 14.0. The van der Waals surface area contributed by atoms with Gasteiger partial charge in [-0.05, 0) is 37.5 Å². The van der Waals surface area contributed by atoms with E-state index < -0.39 is 0 Å². The second-order valence-electron chi connectivity index (χ2n) is 6.07. The van der Waals surface area contributed by atoms with E-state index in [0.717, 1.165) is 28.6 Å². The molecule has 2 N–H and O–H groups in total. The molecule has 0 aliphatic rings. The minimum Gasteiger partial charge on any atom is -0.349 e.